The smallest absolute Gasteiger partial charge is 0.223 e. The molecule has 0 bridgehead atoms. The third kappa shape index (κ3) is 7.54. The van der Waals surface area contributed by atoms with Gasteiger partial charge in [0.15, 0.2) is 0 Å². The molecule has 14 heavy (non-hydrogen) atoms. The highest BCUT2D eigenvalue weighted by molar-refractivity contribution is 5.75. The first-order valence-corrected chi connectivity index (χ1v) is 4.73. The molecule has 0 aliphatic carbocycles. The molecule has 0 saturated heterocycles. The summed E-state index contributed by atoms with van der Waals surface area (Å²) in [7, 11) is 3.46. The van der Waals surface area contributed by atoms with Gasteiger partial charge in [-0.2, -0.15) is 0 Å². The first-order valence-electron chi connectivity index (χ1n) is 4.73. The van der Waals surface area contributed by atoms with E-state index in [-0.39, 0.29) is 11.8 Å². The van der Waals surface area contributed by atoms with Crippen LogP contribution < -0.4 is 11.1 Å². The average molecular weight is 201 g/mol. The van der Waals surface area contributed by atoms with Gasteiger partial charge in [-0.1, -0.05) is 0 Å². The molecule has 0 aliphatic heterocycles. The molecule has 3 N–H and O–H groups in total. The number of hydrogen-bond donors (Lipinski definition) is 2. The number of carbonyl (C=O) groups is 2. The van der Waals surface area contributed by atoms with Gasteiger partial charge in [-0.3, -0.25) is 9.59 Å². The lowest BCUT2D eigenvalue weighted by Gasteiger charge is -2.10. The highest BCUT2D eigenvalue weighted by Crippen LogP contribution is 1.87. The molecule has 0 rings (SSSR count). The van der Waals surface area contributed by atoms with Crippen molar-refractivity contribution in [3.63, 3.8) is 0 Å². The Bertz CT molecular complexity index is 192. The van der Waals surface area contributed by atoms with Crippen LogP contribution in [0, 0.1) is 0 Å². The van der Waals surface area contributed by atoms with E-state index in [1.54, 1.807) is 19.0 Å². The van der Waals surface area contributed by atoms with Gasteiger partial charge < -0.3 is 16.0 Å². The Labute approximate surface area is 84.6 Å². The zero-order valence-electron chi connectivity index (χ0n) is 8.88. The molecule has 0 unspecified atom stereocenters. The summed E-state index contributed by atoms with van der Waals surface area (Å²) in [6.07, 6.45) is 1.61. The van der Waals surface area contributed by atoms with E-state index in [0.29, 0.717) is 19.4 Å². The maximum Gasteiger partial charge on any atom is 0.223 e. The summed E-state index contributed by atoms with van der Waals surface area (Å²) in [5, 5.41) is 3.07. The summed E-state index contributed by atoms with van der Waals surface area (Å²) < 4.78 is 0. The zero-order chi connectivity index (χ0) is 11.0. The molecule has 5 nitrogen and oxygen atoms in total. The molecule has 0 spiro atoms. The second kappa shape index (κ2) is 7.32. The van der Waals surface area contributed by atoms with Gasteiger partial charge in [-0.25, -0.2) is 0 Å². The van der Waals surface area contributed by atoms with Gasteiger partial charge in [0.2, 0.25) is 11.8 Å². The van der Waals surface area contributed by atoms with Crippen molar-refractivity contribution in [2.24, 2.45) is 5.73 Å². The van der Waals surface area contributed by atoms with Gasteiger partial charge in [0.1, 0.15) is 0 Å². The van der Waals surface area contributed by atoms with E-state index >= 15 is 0 Å². The van der Waals surface area contributed by atoms with Gasteiger partial charge in [0.05, 0.1) is 0 Å². The summed E-state index contributed by atoms with van der Waals surface area (Å²) >= 11 is 0. The lowest BCUT2D eigenvalue weighted by Crippen LogP contribution is -2.27. The SMILES string of the molecule is CN(C)C(=O)CCNCCCC(N)=O. The topological polar surface area (TPSA) is 75.4 Å². The molecule has 0 aliphatic rings. The number of primary amides is 1. The van der Waals surface area contributed by atoms with Crippen molar-refractivity contribution in [3.05, 3.63) is 0 Å². The first kappa shape index (κ1) is 12.9. The Hall–Kier alpha value is -1.10. The molecule has 0 aromatic rings. The van der Waals surface area contributed by atoms with Crippen LogP contribution in [0.25, 0.3) is 0 Å². The van der Waals surface area contributed by atoms with E-state index < -0.39 is 0 Å². The second-order valence-corrected chi connectivity index (χ2v) is 3.36. The summed E-state index contributed by atoms with van der Waals surface area (Å²) in [5.74, 6) is -0.177. The minimum absolute atomic E-state index is 0.104. The summed E-state index contributed by atoms with van der Waals surface area (Å²) in [5.41, 5.74) is 4.97. The molecule has 0 heterocycles. The van der Waals surface area contributed by atoms with Crippen LogP contribution in [-0.2, 0) is 9.59 Å². The van der Waals surface area contributed by atoms with Crippen molar-refractivity contribution in [2.75, 3.05) is 27.2 Å². The lowest BCUT2D eigenvalue weighted by molar-refractivity contribution is -0.128. The number of carbonyl (C=O) groups excluding carboxylic acids is 2. The molecule has 0 atom stereocenters. The van der Waals surface area contributed by atoms with Crippen LogP contribution >= 0.6 is 0 Å². The lowest BCUT2D eigenvalue weighted by atomic mass is 10.3. The number of rotatable bonds is 7. The summed E-state index contributed by atoms with van der Waals surface area (Å²) in [6.45, 7) is 1.37. The second-order valence-electron chi connectivity index (χ2n) is 3.36. The van der Waals surface area contributed by atoms with E-state index in [0.717, 1.165) is 13.0 Å². The monoisotopic (exact) mass is 201 g/mol. The molecule has 82 valence electrons. The highest BCUT2D eigenvalue weighted by Gasteiger charge is 2.02. The number of nitrogens with one attached hydrogen (secondary N) is 1. The number of amides is 2. The van der Waals surface area contributed by atoms with Crippen LogP contribution in [-0.4, -0.2) is 43.9 Å². The van der Waals surface area contributed by atoms with Crippen molar-refractivity contribution < 1.29 is 9.59 Å². The molecule has 0 radical (unpaired) electrons. The Morgan fingerprint density at radius 3 is 2.36 bits per heavy atom. The van der Waals surface area contributed by atoms with E-state index in [4.69, 9.17) is 5.73 Å². The molecule has 5 heteroatoms. The van der Waals surface area contributed by atoms with Crippen LogP contribution in [0.5, 0.6) is 0 Å². The van der Waals surface area contributed by atoms with Crippen LogP contribution in [0.2, 0.25) is 0 Å². The van der Waals surface area contributed by atoms with E-state index in [1.807, 2.05) is 0 Å². The summed E-state index contributed by atoms with van der Waals surface area (Å²) in [4.78, 5) is 23.0. The van der Waals surface area contributed by atoms with Crippen LogP contribution in [0.3, 0.4) is 0 Å². The maximum atomic E-state index is 11.1. The molecule has 0 saturated carbocycles. The number of nitrogens with zero attached hydrogens (tertiary/aromatic N) is 1. The normalized spacial score (nSPS) is 9.86. The Morgan fingerprint density at radius 2 is 1.86 bits per heavy atom. The van der Waals surface area contributed by atoms with Gasteiger partial charge in [0, 0.05) is 33.5 Å². The van der Waals surface area contributed by atoms with Crippen molar-refractivity contribution >= 4 is 11.8 Å². The van der Waals surface area contributed by atoms with Gasteiger partial charge in [-0.15, -0.1) is 0 Å². The van der Waals surface area contributed by atoms with E-state index in [9.17, 15) is 9.59 Å². The van der Waals surface area contributed by atoms with Crippen molar-refractivity contribution in [1.82, 2.24) is 10.2 Å². The van der Waals surface area contributed by atoms with Crippen LogP contribution in [0.1, 0.15) is 19.3 Å². The fourth-order valence-corrected chi connectivity index (χ4v) is 0.932. The molecular weight excluding hydrogens is 182 g/mol. The largest absolute Gasteiger partial charge is 0.370 e. The minimum Gasteiger partial charge on any atom is -0.370 e. The molecule has 0 aromatic carbocycles. The highest BCUT2D eigenvalue weighted by atomic mass is 16.2. The van der Waals surface area contributed by atoms with Gasteiger partial charge in [0.25, 0.3) is 0 Å². The number of nitrogens with two attached hydrogens (primary N) is 1. The fraction of sp³-hybridized carbons (Fsp3) is 0.778. The fourth-order valence-electron chi connectivity index (χ4n) is 0.932. The van der Waals surface area contributed by atoms with Crippen molar-refractivity contribution in [1.29, 1.82) is 0 Å². The third-order valence-corrected chi connectivity index (χ3v) is 1.79. The molecular formula is C9H19N3O2. The quantitative estimate of drug-likeness (QED) is 0.536. The minimum atomic E-state index is -0.281. The number of hydrogen-bond acceptors (Lipinski definition) is 3. The van der Waals surface area contributed by atoms with Gasteiger partial charge >= 0.3 is 0 Å². The van der Waals surface area contributed by atoms with Crippen molar-refractivity contribution in [3.8, 4) is 0 Å². The third-order valence-electron chi connectivity index (χ3n) is 1.79. The first-order chi connectivity index (χ1) is 6.54. The predicted octanol–water partition coefficient (Wildman–Crippen LogP) is -0.680. The zero-order valence-corrected chi connectivity index (χ0v) is 8.88. The average Bonchev–Trinajstić information content (AvgIpc) is 2.09. The van der Waals surface area contributed by atoms with Crippen LogP contribution in [0.15, 0.2) is 0 Å². The van der Waals surface area contributed by atoms with Crippen LogP contribution in [0.4, 0.5) is 0 Å². The van der Waals surface area contributed by atoms with Gasteiger partial charge in [-0.05, 0) is 13.0 Å². The Morgan fingerprint density at radius 1 is 1.21 bits per heavy atom. The maximum absolute atomic E-state index is 11.1. The molecule has 0 aromatic heterocycles. The van der Waals surface area contributed by atoms with Crippen molar-refractivity contribution in [2.45, 2.75) is 19.3 Å². The van der Waals surface area contributed by atoms with E-state index in [2.05, 4.69) is 5.32 Å². The predicted molar refractivity (Wildman–Crippen MR) is 54.6 cm³/mol. The Kier molecular flexibility index (Phi) is 6.74. The van der Waals surface area contributed by atoms with E-state index in [1.165, 1.54) is 0 Å². The molecule has 0 fully saturated rings. The Balaban J connectivity index is 3.22. The summed E-state index contributed by atoms with van der Waals surface area (Å²) in [6, 6.07) is 0. The molecule has 2 amide bonds. The standard InChI is InChI=1S/C9H19N3O2/c1-12(2)9(14)5-7-11-6-3-4-8(10)13/h11H,3-7H2,1-2H3,(H2,10,13).